The second kappa shape index (κ2) is 5.95. The average Bonchev–Trinajstić information content (AvgIpc) is 2.35. The zero-order chi connectivity index (χ0) is 13.8. The van der Waals surface area contributed by atoms with Gasteiger partial charge in [0.25, 0.3) is 0 Å². The van der Waals surface area contributed by atoms with Crippen LogP contribution in [0.3, 0.4) is 0 Å². The number of amides is 1. The molecule has 1 aromatic heterocycles. The Hall–Kier alpha value is -1.72. The lowest BCUT2D eigenvalue weighted by Crippen LogP contribution is -2.16. The molecule has 0 spiro atoms. The number of carbonyl (C=O) groups excluding carboxylic acids is 1. The largest absolute Gasteiger partial charge is 0.309 e. The van der Waals surface area contributed by atoms with Crippen LogP contribution < -0.4 is 5.32 Å². The van der Waals surface area contributed by atoms with Gasteiger partial charge < -0.3 is 5.32 Å². The quantitative estimate of drug-likeness (QED) is 0.886. The highest BCUT2D eigenvalue weighted by Crippen LogP contribution is 2.25. The Morgan fingerprint density at radius 2 is 2.11 bits per heavy atom. The van der Waals surface area contributed by atoms with Crippen molar-refractivity contribution >= 4 is 34.9 Å². The van der Waals surface area contributed by atoms with E-state index in [1.807, 2.05) is 0 Å². The van der Waals surface area contributed by atoms with E-state index in [1.165, 1.54) is 24.5 Å². The Balaban J connectivity index is 2.08. The molecule has 1 amide bonds. The number of aromatic nitrogens is 2. The first-order chi connectivity index (χ1) is 9.06. The molecule has 0 aliphatic carbocycles. The zero-order valence-corrected chi connectivity index (χ0v) is 11.0. The maximum atomic E-state index is 13.0. The van der Waals surface area contributed by atoms with Gasteiger partial charge in [-0.05, 0) is 17.7 Å². The monoisotopic (exact) mass is 299 g/mol. The summed E-state index contributed by atoms with van der Waals surface area (Å²) >= 11 is 11.5. The van der Waals surface area contributed by atoms with E-state index < -0.39 is 5.82 Å². The van der Waals surface area contributed by atoms with Gasteiger partial charge in [0.15, 0.2) is 11.0 Å². The van der Waals surface area contributed by atoms with Crippen molar-refractivity contribution in [2.75, 3.05) is 5.32 Å². The highest BCUT2D eigenvalue weighted by molar-refractivity contribution is 6.42. The number of nitrogens with one attached hydrogen (secondary N) is 1. The molecule has 0 aliphatic rings. The summed E-state index contributed by atoms with van der Waals surface area (Å²) < 4.78 is 13.0. The molecule has 2 aromatic rings. The van der Waals surface area contributed by atoms with Gasteiger partial charge in [-0.25, -0.2) is 14.4 Å². The van der Waals surface area contributed by atoms with E-state index in [0.29, 0.717) is 5.56 Å². The molecule has 19 heavy (non-hydrogen) atoms. The molecule has 1 heterocycles. The topological polar surface area (TPSA) is 54.9 Å². The molecule has 0 radical (unpaired) electrons. The first kappa shape index (κ1) is 13.7. The molecule has 0 atom stereocenters. The Morgan fingerprint density at radius 3 is 2.84 bits per heavy atom. The molecule has 7 heteroatoms. The van der Waals surface area contributed by atoms with Crippen LogP contribution >= 0.6 is 23.2 Å². The summed E-state index contributed by atoms with van der Waals surface area (Å²) in [5.74, 6) is -0.640. The van der Waals surface area contributed by atoms with Crippen molar-refractivity contribution in [1.29, 1.82) is 0 Å². The zero-order valence-electron chi connectivity index (χ0n) is 9.53. The minimum Gasteiger partial charge on any atom is -0.309 e. The van der Waals surface area contributed by atoms with E-state index in [2.05, 4.69) is 15.3 Å². The van der Waals surface area contributed by atoms with Crippen LogP contribution in [-0.2, 0) is 11.2 Å². The van der Waals surface area contributed by atoms with Crippen molar-refractivity contribution in [3.8, 4) is 0 Å². The number of rotatable bonds is 3. The van der Waals surface area contributed by atoms with Gasteiger partial charge in [0, 0.05) is 0 Å². The SMILES string of the molecule is O=C(Cc1cccc(F)c1)Nc1ncnc(Cl)c1Cl. The Bertz CT molecular complexity index is 622. The number of benzene rings is 1. The third kappa shape index (κ3) is 3.62. The Kier molecular flexibility index (Phi) is 4.29. The maximum Gasteiger partial charge on any atom is 0.229 e. The minimum atomic E-state index is -0.395. The average molecular weight is 300 g/mol. The smallest absolute Gasteiger partial charge is 0.229 e. The molecule has 4 nitrogen and oxygen atoms in total. The molecular formula is C12H8Cl2FN3O. The number of hydrogen-bond donors (Lipinski definition) is 1. The van der Waals surface area contributed by atoms with Crippen molar-refractivity contribution in [1.82, 2.24) is 9.97 Å². The van der Waals surface area contributed by atoms with Crippen LogP contribution in [-0.4, -0.2) is 15.9 Å². The fourth-order valence-electron chi connectivity index (χ4n) is 1.44. The van der Waals surface area contributed by atoms with Crippen LogP contribution in [0.5, 0.6) is 0 Å². The fourth-order valence-corrected chi connectivity index (χ4v) is 1.72. The van der Waals surface area contributed by atoms with Gasteiger partial charge in [-0.2, -0.15) is 0 Å². The molecule has 1 N–H and O–H groups in total. The number of hydrogen-bond acceptors (Lipinski definition) is 3. The van der Waals surface area contributed by atoms with Crippen LogP contribution in [0, 0.1) is 5.82 Å². The standard InChI is InChI=1S/C12H8Cl2FN3O/c13-10-11(14)16-6-17-12(10)18-9(19)5-7-2-1-3-8(15)4-7/h1-4,6H,5H2,(H,16,17,18,19). The third-order valence-electron chi connectivity index (χ3n) is 2.26. The molecule has 0 fully saturated rings. The molecule has 0 saturated heterocycles. The number of nitrogens with zero attached hydrogens (tertiary/aromatic N) is 2. The van der Waals surface area contributed by atoms with E-state index in [-0.39, 0.29) is 28.3 Å². The van der Waals surface area contributed by atoms with Crippen LogP contribution in [0.1, 0.15) is 5.56 Å². The van der Waals surface area contributed by atoms with Crippen LogP contribution in [0.25, 0.3) is 0 Å². The van der Waals surface area contributed by atoms with Gasteiger partial charge in [0.05, 0.1) is 6.42 Å². The van der Waals surface area contributed by atoms with E-state index in [4.69, 9.17) is 23.2 Å². The molecule has 2 rings (SSSR count). The lowest BCUT2D eigenvalue weighted by Gasteiger charge is -2.06. The van der Waals surface area contributed by atoms with Crippen molar-refractivity contribution in [2.24, 2.45) is 0 Å². The molecule has 0 aliphatic heterocycles. The summed E-state index contributed by atoms with van der Waals surface area (Å²) in [6, 6.07) is 5.78. The number of anilines is 1. The lowest BCUT2D eigenvalue weighted by atomic mass is 10.1. The predicted octanol–water partition coefficient (Wildman–Crippen LogP) is 3.10. The minimum absolute atomic E-state index is 0.00963. The first-order valence-corrected chi connectivity index (χ1v) is 6.02. The van der Waals surface area contributed by atoms with E-state index in [9.17, 15) is 9.18 Å². The summed E-state index contributed by atoms with van der Waals surface area (Å²) in [6.45, 7) is 0. The highest BCUT2D eigenvalue weighted by atomic mass is 35.5. The molecule has 98 valence electrons. The second-order valence-electron chi connectivity index (χ2n) is 3.68. The van der Waals surface area contributed by atoms with E-state index in [1.54, 1.807) is 6.07 Å². The van der Waals surface area contributed by atoms with Crippen LogP contribution in [0.15, 0.2) is 30.6 Å². The summed E-state index contributed by atoms with van der Waals surface area (Å²) in [5.41, 5.74) is 0.550. The second-order valence-corrected chi connectivity index (χ2v) is 4.42. The summed E-state index contributed by atoms with van der Waals surface area (Å²) in [5, 5.41) is 2.61. The first-order valence-electron chi connectivity index (χ1n) is 5.26. The molecule has 0 unspecified atom stereocenters. The Morgan fingerprint density at radius 1 is 1.32 bits per heavy atom. The summed E-state index contributed by atoms with van der Waals surface area (Å²) in [6.07, 6.45) is 1.20. The fraction of sp³-hybridized carbons (Fsp3) is 0.0833. The van der Waals surface area contributed by atoms with E-state index in [0.717, 1.165) is 0 Å². The van der Waals surface area contributed by atoms with Gasteiger partial charge in [-0.3, -0.25) is 4.79 Å². The van der Waals surface area contributed by atoms with Gasteiger partial charge in [-0.1, -0.05) is 35.3 Å². The predicted molar refractivity (Wildman–Crippen MR) is 70.8 cm³/mol. The van der Waals surface area contributed by atoms with Gasteiger partial charge >= 0.3 is 0 Å². The van der Waals surface area contributed by atoms with Crippen molar-refractivity contribution in [3.05, 3.63) is 52.1 Å². The number of halogens is 3. The van der Waals surface area contributed by atoms with Crippen molar-refractivity contribution in [2.45, 2.75) is 6.42 Å². The molecule has 1 aromatic carbocycles. The van der Waals surface area contributed by atoms with Gasteiger partial charge in [0.2, 0.25) is 5.91 Å². The van der Waals surface area contributed by atoms with Crippen molar-refractivity contribution in [3.63, 3.8) is 0 Å². The van der Waals surface area contributed by atoms with Gasteiger partial charge in [0.1, 0.15) is 17.2 Å². The Labute approximate surface area is 118 Å². The van der Waals surface area contributed by atoms with E-state index >= 15 is 0 Å². The number of carbonyl (C=O) groups is 1. The van der Waals surface area contributed by atoms with Crippen LogP contribution in [0.4, 0.5) is 10.2 Å². The van der Waals surface area contributed by atoms with Crippen LogP contribution in [0.2, 0.25) is 10.2 Å². The molecular weight excluding hydrogens is 292 g/mol. The van der Waals surface area contributed by atoms with Crippen molar-refractivity contribution < 1.29 is 9.18 Å². The molecule has 0 saturated carbocycles. The maximum absolute atomic E-state index is 13.0. The normalized spacial score (nSPS) is 10.3. The third-order valence-corrected chi connectivity index (χ3v) is 3.00. The summed E-state index contributed by atoms with van der Waals surface area (Å²) in [7, 11) is 0. The lowest BCUT2D eigenvalue weighted by molar-refractivity contribution is -0.115. The van der Waals surface area contributed by atoms with Gasteiger partial charge in [-0.15, -0.1) is 0 Å². The molecule has 0 bridgehead atoms. The summed E-state index contributed by atoms with van der Waals surface area (Å²) in [4.78, 5) is 19.2. The highest BCUT2D eigenvalue weighted by Gasteiger charge is 2.11.